The number of hydrogen-bond acceptors (Lipinski definition) is 6. The standard InChI is InChI=1S/C14H12BrNO4S2/c1-19-10-4-3-8(5-9(10)15)6-11-13(18)16(14(21)22-11)7-12(17)20-2/h3-6H,7H2,1-2H3. The van der Waals surface area contributed by atoms with Crippen LogP contribution in [0.3, 0.4) is 0 Å². The minimum absolute atomic E-state index is 0.176. The number of carbonyl (C=O) groups is 2. The summed E-state index contributed by atoms with van der Waals surface area (Å²) in [6.45, 7) is -0.176. The minimum atomic E-state index is -0.509. The lowest BCUT2D eigenvalue weighted by Gasteiger charge is -2.11. The molecule has 0 radical (unpaired) electrons. The van der Waals surface area contributed by atoms with Crippen LogP contribution in [0.4, 0.5) is 0 Å². The molecule has 0 saturated carbocycles. The van der Waals surface area contributed by atoms with Crippen molar-refractivity contribution in [3.8, 4) is 5.75 Å². The number of ether oxygens (including phenoxy) is 2. The third-order valence-corrected chi connectivity index (χ3v) is 4.86. The summed E-state index contributed by atoms with van der Waals surface area (Å²) in [5, 5.41) is 0. The van der Waals surface area contributed by atoms with Gasteiger partial charge in [0, 0.05) is 0 Å². The van der Waals surface area contributed by atoms with Crippen molar-refractivity contribution in [2.24, 2.45) is 0 Å². The highest BCUT2D eigenvalue weighted by Gasteiger charge is 2.33. The van der Waals surface area contributed by atoms with E-state index in [4.69, 9.17) is 17.0 Å². The fourth-order valence-electron chi connectivity index (χ4n) is 1.75. The second-order valence-corrected chi connectivity index (χ2v) is 6.77. The van der Waals surface area contributed by atoms with E-state index in [1.165, 1.54) is 12.0 Å². The molecule has 0 bridgehead atoms. The number of amides is 1. The van der Waals surface area contributed by atoms with Crippen molar-refractivity contribution in [3.63, 3.8) is 0 Å². The maximum Gasteiger partial charge on any atom is 0.325 e. The van der Waals surface area contributed by atoms with E-state index in [0.29, 0.717) is 15.0 Å². The molecule has 1 saturated heterocycles. The number of rotatable bonds is 4. The summed E-state index contributed by atoms with van der Waals surface area (Å²) in [6.07, 6.45) is 1.72. The molecule has 1 heterocycles. The van der Waals surface area contributed by atoms with E-state index in [0.717, 1.165) is 21.8 Å². The van der Waals surface area contributed by atoms with Gasteiger partial charge in [0.25, 0.3) is 5.91 Å². The second-order valence-electron chi connectivity index (χ2n) is 4.24. The molecule has 0 spiro atoms. The van der Waals surface area contributed by atoms with Gasteiger partial charge in [-0.1, -0.05) is 30.0 Å². The summed E-state index contributed by atoms with van der Waals surface area (Å²) in [6, 6.07) is 5.47. The first-order chi connectivity index (χ1) is 10.5. The lowest BCUT2D eigenvalue weighted by Crippen LogP contribution is -2.33. The van der Waals surface area contributed by atoms with Crippen LogP contribution in [0.2, 0.25) is 0 Å². The third kappa shape index (κ3) is 3.68. The third-order valence-electron chi connectivity index (χ3n) is 2.86. The first-order valence-corrected chi connectivity index (χ1v) is 8.13. The number of thioether (sulfide) groups is 1. The van der Waals surface area contributed by atoms with Crippen LogP contribution in [0.5, 0.6) is 5.75 Å². The number of hydrogen-bond donors (Lipinski definition) is 0. The van der Waals surface area contributed by atoms with E-state index in [1.54, 1.807) is 19.3 Å². The molecule has 1 aromatic carbocycles. The Labute approximate surface area is 145 Å². The quantitative estimate of drug-likeness (QED) is 0.439. The predicted molar refractivity (Wildman–Crippen MR) is 92.6 cm³/mol. The molecule has 8 heteroatoms. The highest BCUT2D eigenvalue weighted by molar-refractivity contribution is 9.10. The molecule has 0 aliphatic carbocycles. The van der Waals surface area contributed by atoms with Gasteiger partial charge in [-0.25, -0.2) is 0 Å². The van der Waals surface area contributed by atoms with Crippen LogP contribution < -0.4 is 4.74 Å². The molecule has 1 aromatic rings. The number of nitrogens with zero attached hydrogens (tertiary/aromatic N) is 1. The van der Waals surface area contributed by atoms with Gasteiger partial charge in [-0.15, -0.1) is 0 Å². The summed E-state index contributed by atoms with van der Waals surface area (Å²) in [7, 11) is 2.85. The van der Waals surface area contributed by atoms with Crippen LogP contribution in [-0.4, -0.2) is 41.9 Å². The summed E-state index contributed by atoms with van der Waals surface area (Å²) in [5.41, 5.74) is 0.825. The van der Waals surface area contributed by atoms with E-state index in [1.807, 2.05) is 12.1 Å². The second kappa shape index (κ2) is 7.26. The monoisotopic (exact) mass is 401 g/mol. The Kier molecular flexibility index (Phi) is 5.60. The molecule has 1 aliphatic heterocycles. The SMILES string of the molecule is COC(=O)CN1C(=O)C(=Cc2ccc(OC)c(Br)c2)SC1=S. The maximum absolute atomic E-state index is 12.3. The summed E-state index contributed by atoms with van der Waals surface area (Å²) in [5.74, 6) is -0.104. The van der Waals surface area contributed by atoms with Crippen LogP contribution in [0.1, 0.15) is 5.56 Å². The fraction of sp³-hybridized carbons (Fsp3) is 0.214. The van der Waals surface area contributed by atoms with Gasteiger partial charge < -0.3 is 9.47 Å². The van der Waals surface area contributed by atoms with E-state index in [9.17, 15) is 9.59 Å². The zero-order valence-corrected chi connectivity index (χ0v) is 15.0. The van der Waals surface area contributed by atoms with Crippen LogP contribution in [0.25, 0.3) is 6.08 Å². The molecule has 1 amide bonds. The Balaban J connectivity index is 2.22. The van der Waals surface area contributed by atoms with Crippen molar-refractivity contribution in [2.45, 2.75) is 0 Å². The van der Waals surface area contributed by atoms with Gasteiger partial charge >= 0.3 is 5.97 Å². The molecule has 2 rings (SSSR count). The lowest BCUT2D eigenvalue weighted by atomic mass is 10.2. The molecule has 116 valence electrons. The smallest absolute Gasteiger partial charge is 0.325 e. The molecule has 0 unspecified atom stereocenters. The molecule has 5 nitrogen and oxygen atoms in total. The van der Waals surface area contributed by atoms with E-state index in [-0.39, 0.29) is 12.5 Å². The minimum Gasteiger partial charge on any atom is -0.496 e. The van der Waals surface area contributed by atoms with Gasteiger partial charge in [0.15, 0.2) is 0 Å². The van der Waals surface area contributed by atoms with Gasteiger partial charge in [-0.3, -0.25) is 14.5 Å². The van der Waals surface area contributed by atoms with E-state index >= 15 is 0 Å². The van der Waals surface area contributed by atoms with Crippen molar-refractivity contribution < 1.29 is 19.1 Å². The summed E-state index contributed by atoms with van der Waals surface area (Å²) in [4.78, 5) is 25.3. The van der Waals surface area contributed by atoms with Gasteiger partial charge in [0.1, 0.15) is 16.6 Å². The molecule has 0 aromatic heterocycles. The zero-order valence-electron chi connectivity index (χ0n) is 11.8. The number of halogens is 1. The Morgan fingerprint density at radius 1 is 1.45 bits per heavy atom. The zero-order chi connectivity index (χ0) is 16.3. The van der Waals surface area contributed by atoms with Gasteiger partial charge in [0.2, 0.25) is 0 Å². The highest BCUT2D eigenvalue weighted by Crippen LogP contribution is 2.33. The largest absolute Gasteiger partial charge is 0.496 e. The van der Waals surface area contributed by atoms with Crippen LogP contribution in [0.15, 0.2) is 27.6 Å². The molecular weight excluding hydrogens is 390 g/mol. The van der Waals surface area contributed by atoms with Crippen LogP contribution in [0, 0.1) is 0 Å². The Hall–Kier alpha value is -1.38. The topological polar surface area (TPSA) is 55.8 Å². The highest BCUT2D eigenvalue weighted by atomic mass is 79.9. The van der Waals surface area contributed by atoms with Crippen LogP contribution >= 0.6 is 39.9 Å². The normalized spacial score (nSPS) is 16.3. The van der Waals surface area contributed by atoms with Crippen molar-refractivity contribution in [1.29, 1.82) is 0 Å². The average molecular weight is 402 g/mol. The first kappa shape index (κ1) is 17.0. The Morgan fingerprint density at radius 3 is 2.77 bits per heavy atom. The Bertz CT molecular complexity index is 675. The van der Waals surface area contributed by atoms with Crippen molar-refractivity contribution in [2.75, 3.05) is 20.8 Å². The number of benzene rings is 1. The molecule has 1 fully saturated rings. The number of esters is 1. The Morgan fingerprint density at radius 2 is 2.18 bits per heavy atom. The van der Waals surface area contributed by atoms with Crippen molar-refractivity contribution in [3.05, 3.63) is 33.1 Å². The summed E-state index contributed by atoms with van der Waals surface area (Å²) >= 11 is 9.69. The average Bonchev–Trinajstić information content (AvgIpc) is 2.75. The van der Waals surface area contributed by atoms with E-state index in [2.05, 4.69) is 20.7 Å². The van der Waals surface area contributed by atoms with Gasteiger partial charge in [0.05, 0.1) is 23.6 Å². The van der Waals surface area contributed by atoms with Crippen molar-refractivity contribution in [1.82, 2.24) is 4.90 Å². The summed E-state index contributed by atoms with van der Waals surface area (Å²) < 4.78 is 10.9. The molecule has 22 heavy (non-hydrogen) atoms. The molecule has 0 atom stereocenters. The maximum atomic E-state index is 12.3. The molecule has 1 aliphatic rings. The predicted octanol–water partition coefficient (Wildman–Crippen LogP) is 2.83. The molecule has 0 N–H and O–H groups in total. The van der Waals surface area contributed by atoms with Crippen LogP contribution in [-0.2, 0) is 14.3 Å². The lowest BCUT2D eigenvalue weighted by molar-refractivity contribution is -0.143. The first-order valence-electron chi connectivity index (χ1n) is 6.12. The van der Waals surface area contributed by atoms with E-state index < -0.39 is 5.97 Å². The number of thiocarbonyl (C=S) groups is 1. The molecular formula is C14H12BrNO4S2. The fourth-order valence-corrected chi connectivity index (χ4v) is 3.57. The van der Waals surface area contributed by atoms with Crippen molar-refractivity contribution >= 4 is 62.2 Å². The number of methoxy groups -OCH3 is 2. The van der Waals surface area contributed by atoms with Gasteiger partial charge in [-0.05, 0) is 39.7 Å². The van der Waals surface area contributed by atoms with Gasteiger partial charge in [-0.2, -0.15) is 0 Å². The number of carbonyl (C=O) groups excluding carboxylic acids is 2.